The highest BCUT2D eigenvalue weighted by molar-refractivity contribution is 9.09. The van der Waals surface area contributed by atoms with Gasteiger partial charge in [-0.1, -0.05) is 52.3 Å². The van der Waals surface area contributed by atoms with Crippen molar-refractivity contribution in [2.45, 2.75) is 67.6 Å². The number of primary amides is 1. The first-order chi connectivity index (χ1) is 20.3. The second-order valence-electron chi connectivity index (χ2n) is 11.6. The molecule has 0 aromatic heterocycles. The molecule has 3 aliphatic carbocycles. The number of nitrogens with zero attached hydrogens (tertiary/aromatic N) is 1. The number of carbonyl (C=O) groups excluding carboxylic acids is 1. The van der Waals surface area contributed by atoms with E-state index in [1.54, 1.807) is 21.3 Å². The second kappa shape index (κ2) is 13.6. The summed E-state index contributed by atoms with van der Waals surface area (Å²) in [5, 5.41) is 9.80. The van der Waals surface area contributed by atoms with Crippen molar-refractivity contribution in [2.75, 3.05) is 26.7 Å². The smallest absolute Gasteiger partial charge is 0.218 e. The third-order valence-electron chi connectivity index (χ3n) is 8.85. The van der Waals surface area contributed by atoms with E-state index in [1.807, 2.05) is 48.5 Å². The molecular weight excluding hydrogens is 592 g/mol. The fourth-order valence-corrected chi connectivity index (χ4v) is 6.29. The molecule has 0 heterocycles. The van der Waals surface area contributed by atoms with Gasteiger partial charge in [-0.3, -0.25) is 4.79 Å². The van der Waals surface area contributed by atoms with E-state index in [2.05, 4.69) is 46.3 Å². The van der Waals surface area contributed by atoms with Crippen LogP contribution in [0.3, 0.4) is 0 Å². The van der Waals surface area contributed by atoms with Crippen LogP contribution in [0, 0.1) is 11.3 Å². The normalized spacial score (nSPS) is 17.5. The van der Waals surface area contributed by atoms with E-state index in [0.29, 0.717) is 18.3 Å². The molecule has 3 aromatic carbocycles. The topological polar surface area (TPSA) is 94.6 Å². The van der Waals surface area contributed by atoms with E-state index < -0.39 is 0 Å². The first-order valence-electron chi connectivity index (χ1n) is 14.4. The minimum atomic E-state index is -0.219. The summed E-state index contributed by atoms with van der Waals surface area (Å²) in [6.45, 7) is 0. The van der Waals surface area contributed by atoms with Crippen LogP contribution in [0.1, 0.15) is 68.1 Å². The Morgan fingerprint density at radius 3 is 1.29 bits per heavy atom. The van der Waals surface area contributed by atoms with Crippen molar-refractivity contribution in [2.24, 2.45) is 5.73 Å². The van der Waals surface area contributed by atoms with Gasteiger partial charge in [-0.2, -0.15) is 5.26 Å². The van der Waals surface area contributed by atoms with Gasteiger partial charge in [0.2, 0.25) is 5.91 Å². The molecule has 7 heteroatoms. The van der Waals surface area contributed by atoms with Gasteiger partial charge < -0.3 is 19.9 Å². The summed E-state index contributed by atoms with van der Waals surface area (Å²) >= 11 is 3.57. The maximum absolute atomic E-state index is 10.9. The molecule has 6 nitrogen and oxygen atoms in total. The standard InChI is InChI=1S/C12H15NO2.C12H13NO.C11H13BrO/c1-15-10-4-2-9(3-5-10)12(6-7-12)8-11(13)14;1-14-11-4-2-10(3-5-11)12(6-7-12)8-9-13;1-13-10-4-2-9(3-5-10)11(8-12)6-7-11/h2-5H,6-8H2,1H3,(H2,13,14);2-5H,6-8H2,1H3;2-5H,6-8H2,1H3. The Balaban J connectivity index is 0.000000145. The number of carbonyl (C=O) groups is 1. The summed E-state index contributed by atoms with van der Waals surface area (Å²) < 4.78 is 15.3. The molecule has 0 saturated heterocycles. The largest absolute Gasteiger partial charge is 0.497 e. The van der Waals surface area contributed by atoms with E-state index in [9.17, 15) is 4.79 Å². The molecule has 2 N–H and O–H groups in total. The first-order valence-corrected chi connectivity index (χ1v) is 15.5. The zero-order valence-corrected chi connectivity index (χ0v) is 26.4. The Labute approximate surface area is 258 Å². The SMILES string of the molecule is COc1ccc(C2(CBr)CC2)cc1.COc1ccc(C2(CC#N)CC2)cc1.COc1ccc(C2(CC(N)=O)CC2)cc1. The van der Waals surface area contributed by atoms with Crippen LogP contribution in [-0.2, 0) is 21.0 Å². The van der Waals surface area contributed by atoms with Crippen molar-refractivity contribution in [3.8, 4) is 23.3 Å². The Hall–Kier alpha value is -3.50. The van der Waals surface area contributed by atoms with Crippen molar-refractivity contribution in [3.63, 3.8) is 0 Å². The van der Waals surface area contributed by atoms with Crippen LogP contribution < -0.4 is 19.9 Å². The number of halogens is 1. The van der Waals surface area contributed by atoms with Crippen LogP contribution in [0.5, 0.6) is 17.2 Å². The molecular formula is C35H41BrN2O4. The van der Waals surface area contributed by atoms with Crippen LogP contribution in [0.4, 0.5) is 0 Å². The van der Waals surface area contributed by atoms with E-state index >= 15 is 0 Å². The molecule has 0 radical (unpaired) electrons. The number of benzene rings is 3. The Bertz CT molecular complexity index is 1350. The molecule has 42 heavy (non-hydrogen) atoms. The number of nitrogens with two attached hydrogens (primary N) is 1. The number of ether oxygens (including phenoxy) is 3. The zero-order chi connectivity index (χ0) is 30.2. The van der Waals surface area contributed by atoms with Crippen LogP contribution in [0.15, 0.2) is 72.8 Å². The van der Waals surface area contributed by atoms with Gasteiger partial charge in [0.1, 0.15) is 17.2 Å². The molecule has 0 atom stereocenters. The molecule has 0 spiro atoms. The second-order valence-corrected chi connectivity index (χ2v) is 12.2. The number of rotatable bonds is 10. The molecule has 0 aliphatic heterocycles. The highest BCUT2D eigenvalue weighted by Crippen LogP contribution is 2.52. The van der Waals surface area contributed by atoms with Gasteiger partial charge >= 0.3 is 0 Å². The summed E-state index contributed by atoms with van der Waals surface area (Å²) in [7, 11) is 5.01. The maximum atomic E-state index is 10.9. The molecule has 222 valence electrons. The molecule has 0 bridgehead atoms. The van der Waals surface area contributed by atoms with E-state index in [-0.39, 0.29) is 16.7 Å². The number of methoxy groups -OCH3 is 3. The average molecular weight is 634 g/mol. The van der Waals surface area contributed by atoms with Crippen LogP contribution in [0.25, 0.3) is 0 Å². The molecule has 0 unspecified atom stereocenters. The Kier molecular flexibility index (Phi) is 10.2. The number of hydrogen-bond donors (Lipinski definition) is 1. The molecule has 3 aromatic rings. The lowest BCUT2D eigenvalue weighted by atomic mass is 9.92. The summed E-state index contributed by atoms with van der Waals surface area (Å²) in [5.41, 5.74) is 9.79. The van der Waals surface area contributed by atoms with Gasteiger partial charge in [0.15, 0.2) is 0 Å². The zero-order valence-electron chi connectivity index (χ0n) is 24.8. The minimum absolute atomic E-state index is 0.0259. The third-order valence-corrected chi connectivity index (χ3v) is 9.93. The van der Waals surface area contributed by atoms with Crippen molar-refractivity contribution >= 4 is 21.8 Å². The molecule has 6 rings (SSSR count). The van der Waals surface area contributed by atoms with Gasteiger partial charge in [0, 0.05) is 34.4 Å². The lowest BCUT2D eigenvalue weighted by molar-refractivity contribution is -0.118. The number of alkyl halides is 1. The lowest BCUT2D eigenvalue weighted by Crippen LogP contribution is -2.19. The molecule has 3 aliphatic rings. The molecule has 3 saturated carbocycles. The van der Waals surface area contributed by atoms with Crippen LogP contribution in [0.2, 0.25) is 0 Å². The van der Waals surface area contributed by atoms with Gasteiger partial charge in [-0.25, -0.2) is 0 Å². The minimum Gasteiger partial charge on any atom is -0.497 e. The van der Waals surface area contributed by atoms with Gasteiger partial charge in [0.25, 0.3) is 0 Å². The summed E-state index contributed by atoms with van der Waals surface area (Å²) in [4.78, 5) is 10.9. The van der Waals surface area contributed by atoms with Crippen molar-refractivity contribution in [1.82, 2.24) is 0 Å². The fraction of sp³-hybridized carbons (Fsp3) is 0.429. The quantitative estimate of drug-likeness (QED) is 0.236. The number of amides is 1. The molecule has 3 fully saturated rings. The predicted molar refractivity (Wildman–Crippen MR) is 170 cm³/mol. The van der Waals surface area contributed by atoms with Gasteiger partial charge in [-0.05, 0) is 91.6 Å². The van der Waals surface area contributed by atoms with E-state index in [4.69, 9.17) is 25.2 Å². The van der Waals surface area contributed by atoms with Gasteiger partial charge in [0.05, 0.1) is 27.4 Å². The predicted octanol–water partition coefficient (Wildman–Crippen LogP) is 7.36. The Morgan fingerprint density at radius 1 is 0.690 bits per heavy atom. The van der Waals surface area contributed by atoms with Crippen molar-refractivity contribution in [3.05, 3.63) is 89.5 Å². The molecule has 1 amide bonds. The number of hydrogen-bond acceptors (Lipinski definition) is 5. The summed E-state index contributed by atoms with van der Waals surface area (Å²) in [6.07, 6.45) is 8.12. The maximum Gasteiger partial charge on any atom is 0.218 e. The Morgan fingerprint density at radius 2 is 1.02 bits per heavy atom. The fourth-order valence-electron chi connectivity index (χ4n) is 5.41. The van der Waals surface area contributed by atoms with Crippen LogP contribution in [-0.4, -0.2) is 32.6 Å². The monoisotopic (exact) mass is 632 g/mol. The first kappa shape index (κ1) is 31.4. The highest BCUT2D eigenvalue weighted by Gasteiger charge is 2.45. The number of nitriles is 1. The van der Waals surface area contributed by atoms with Gasteiger partial charge in [-0.15, -0.1) is 0 Å². The van der Waals surface area contributed by atoms with Crippen molar-refractivity contribution in [1.29, 1.82) is 5.26 Å². The van der Waals surface area contributed by atoms with Crippen LogP contribution >= 0.6 is 15.9 Å². The summed E-state index contributed by atoms with van der Waals surface area (Å²) in [6, 6.07) is 26.7. The van der Waals surface area contributed by atoms with E-state index in [1.165, 1.54) is 29.5 Å². The summed E-state index contributed by atoms with van der Waals surface area (Å²) in [5.74, 6) is 2.44. The van der Waals surface area contributed by atoms with E-state index in [0.717, 1.165) is 48.3 Å². The lowest BCUT2D eigenvalue weighted by Gasteiger charge is -2.13. The third kappa shape index (κ3) is 7.66. The van der Waals surface area contributed by atoms with Crippen molar-refractivity contribution < 1.29 is 19.0 Å². The average Bonchev–Trinajstić information content (AvgIpc) is 3.91. The highest BCUT2D eigenvalue weighted by atomic mass is 79.9.